The van der Waals surface area contributed by atoms with Gasteiger partial charge in [-0.25, -0.2) is 4.99 Å². The molecule has 1 aromatic rings. The number of hydrogen-bond acceptors (Lipinski definition) is 2. The van der Waals surface area contributed by atoms with Crippen LogP contribution in [0.15, 0.2) is 21.6 Å². The molecule has 1 rings (SSSR count). The van der Waals surface area contributed by atoms with Crippen molar-refractivity contribution in [2.75, 3.05) is 13.6 Å². The zero-order valence-electron chi connectivity index (χ0n) is 9.66. The summed E-state index contributed by atoms with van der Waals surface area (Å²) in [6, 6.07) is 5.84. The zero-order valence-corrected chi connectivity index (χ0v) is 11.2. The number of aliphatic imine (C=N–C) groups is 1. The summed E-state index contributed by atoms with van der Waals surface area (Å²) in [7, 11) is 1.96. The SMILES string of the molecule is CCN(C)C=Nc1cc(C#N)c(Br)cc1C. The Kier molecular flexibility index (Phi) is 4.51. The van der Waals surface area contributed by atoms with E-state index in [4.69, 9.17) is 5.26 Å². The van der Waals surface area contributed by atoms with Gasteiger partial charge in [-0.3, -0.25) is 0 Å². The Morgan fingerprint density at radius 2 is 2.25 bits per heavy atom. The molecule has 0 heterocycles. The van der Waals surface area contributed by atoms with Crippen molar-refractivity contribution in [3.05, 3.63) is 27.7 Å². The van der Waals surface area contributed by atoms with Crippen molar-refractivity contribution in [3.8, 4) is 6.07 Å². The highest BCUT2D eigenvalue weighted by molar-refractivity contribution is 9.10. The third-order valence-corrected chi connectivity index (χ3v) is 2.95. The van der Waals surface area contributed by atoms with Gasteiger partial charge in [-0.05, 0) is 47.5 Å². The second kappa shape index (κ2) is 5.66. The van der Waals surface area contributed by atoms with Crippen LogP contribution in [-0.2, 0) is 0 Å². The molecule has 1 aromatic carbocycles. The standard InChI is InChI=1S/C12H14BrN3/c1-4-16(3)8-15-12-6-10(7-14)11(13)5-9(12)2/h5-6,8H,4H2,1-3H3. The summed E-state index contributed by atoms with van der Waals surface area (Å²) in [5, 5.41) is 8.92. The minimum absolute atomic E-state index is 0.608. The highest BCUT2D eigenvalue weighted by Crippen LogP contribution is 2.26. The molecule has 16 heavy (non-hydrogen) atoms. The van der Waals surface area contributed by atoms with Gasteiger partial charge in [0.25, 0.3) is 0 Å². The van der Waals surface area contributed by atoms with Gasteiger partial charge >= 0.3 is 0 Å². The van der Waals surface area contributed by atoms with E-state index in [0.29, 0.717) is 5.56 Å². The Morgan fingerprint density at radius 1 is 1.56 bits per heavy atom. The van der Waals surface area contributed by atoms with Crippen LogP contribution in [0.25, 0.3) is 0 Å². The highest BCUT2D eigenvalue weighted by Gasteiger charge is 2.03. The number of rotatable bonds is 3. The van der Waals surface area contributed by atoms with Crippen molar-refractivity contribution < 1.29 is 0 Å². The van der Waals surface area contributed by atoms with Crippen molar-refractivity contribution in [1.29, 1.82) is 5.26 Å². The fourth-order valence-corrected chi connectivity index (χ4v) is 1.67. The van der Waals surface area contributed by atoms with E-state index in [1.165, 1.54) is 0 Å². The van der Waals surface area contributed by atoms with Gasteiger partial charge in [0, 0.05) is 18.1 Å². The molecular weight excluding hydrogens is 266 g/mol. The number of benzene rings is 1. The van der Waals surface area contributed by atoms with Crippen molar-refractivity contribution in [3.63, 3.8) is 0 Å². The van der Waals surface area contributed by atoms with Gasteiger partial charge in [-0.1, -0.05) is 0 Å². The van der Waals surface area contributed by atoms with Crippen LogP contribution < -0.4 is 0 Å². The lowest BCUT2D eigenvalue weighted by molar-refractivity contribution is 0.552. The molecule has 0 aromatic heterocycles. The predicted molar refractivity (Wildman–Crippen MR) is 70.1 cm³/mol. The average Bonchev–Trinajstić information content (AvgIpc) is 2.27. The maximum Gasteiger partial charge on any atom is 0.100 e. The summed E-state index contributed by atoms with van der Waals surface area (Å²) < 4.78 is 0.815. The number of nitriles is 1. The highest BCUT2D eigenvalue weighted by atomic mass is 79.9. The first-order chi connectivity index (χ1) is 7.58. The maximum absolute atomic E-state index is 8.92. The quantitative estimate of drug-likeness (QED) is 0.630. The first-order valence-corrected chi connectivity index (χ1v) is 5.82. The van der Waals surface area contributed by atoms with E-state index in [1.807, 2.05) is 24.9 Å². The molecule has 0 bridgehead atoms. The van der Waals surface area contributed by atoms with Crippen LogP contribution in [0, 0.1) is 18.3 Å². The van der Waals surface area contributed by atoms with E-state index in [1.54, 1.807) is 12.4 Å². The van der Waals surface area contributed by atoms with Crippen molar-refractivity contribution in [2.24, 2.45) is 4.99 Å². The molecule has 0 saturated carbocycles. The minimum atomic E-state index is 0.608. The van der Waals surface area contributed by atoms with Gasteiger partial charge in [0.05, 0.1) is 17.6 Å². The van der Waals surface area contributed by atoms with Gasteiger partial charge in [0.15, 0.2) is 0 Å². The second-order valence-corrected chi connectivity index (χ2v) is 4.40. The van der Waals surface area contributed by atoms with E-state index in [0.717, 1.165) is 22.3 Å². The summed E-state index contributed by atoms with van der Waals surface area (Å²) in [6.07, 6.45) is 1.78. The third-order valence-electron chi connectivity index (χ3n) is 2.30. The monoisotopic (exact) mass is 279 g/mol. The second-order valence-electron chi connectivity index (χ2n) is 3.55. The van der Waals surface area contributed by atoms with Crippen LogP contribution in [0.4, 0.5) is 5.69 Å². The largest absolute Gasteiger partial charge is 0.366 e. The molecule has 0 atom stereocenters. The Morgan fingerprint density at radius 3 is 2.81 bits per heavy atom. The van der Waals surface area contributed by atoms with Crippen LogP contribution in [0.2, 0.25) is 0 Å². The number of nitrogens with zero attached hydrogens (tertiary/aromatic N) is 3. The van der Waals surface area contributed by atoms with Crippen LogP contribution >= 0.6 is 15.9 Å². The summed E-state index contributed by atoms with van der Waals surface area (Å²) in [6.45, 7) is 4.94. The molecular formula is C12H14BrN3. The van der Waals surface area contributed by atoms with Crippen molar-refractivity contribution in [2.45, 2.75) is 13.8 Å². The topological polar surface area (TPSA) is 39.4 Å². The lowest BCUT2D eigenvalue weighted by atomic mass is 10.1. The Bertz CT molecular complexity index is 446. The Balaban J connectivity index is 3.06. The van der Waals surface area contributed by atoms with Crippen LogP contribution in [0.1, 0.15) is 18.1 Å². The Labute approximate surface area is 105 Å². The molecule has 0 aliphatic heterocycles. The van der Waals surface area contributed by atoms with Crippen LogP contribution in [0.3, 0.4) is 0 Å². The van der Waals surface area contributed by atoms with Gasteiger partial charge in [0.2, 0.25) is 0 Å². The number of aryl methyl sites for hydroxylation is 1. The molecule has 0 amide bonds. The molecule has 0 aliphatic rings. The zero-order chi connectivity index (χ0) is 12.1. The molecule has 3 nitrogen and oxygen atoms in total. The molecule has 0 saturated heterocycles. The summed E-state index contributed by atoms with van der Waals surface area (Å²) in [5.41, 5.74) is 2.49. The molecule has 0 N–H and O–H groups in total. The van der Waals surface area contributed by atoms with E-state index in [-0.39, 0.29) is 0 Å². The van der Waals surface area contributed by atoms with E-state index >= 15 is 0 Å². The molecule has 0 fully saturated rings. The van der Waals surface area contributed by atoms with Gasteiger partial charge < -0.3 is 4.90 Å². The summed E-state index contributed by atoms with van der Waals surface area (Å²) in [4.78, 5) is 6.33. The molecule has 0 radical (unpaired) electrons. The van der Waals surface area contributed by atoms with Gasteiger partial charge in [-0.2, -0.15) is 5.26 Å². The third kappa shape index (κ3) is 3.07. The smallest absolute Gasteiger partial charge is 0.100 e. The van der Waals surface area contributed by atoms with E-state index in [2.05, 4.69) is 33.9 Å². The molecule has 0 aliphatic carbocycles. The fraction of sp³-hybridized carbons (Fsp3) is 0.333. The fourth-order valence-electron chi connectivity index (χ4n) is 1.13. The minimum Gasteiger partial charge on any atom is -0.366 e. The van der Waals surface area contributed by atoms with Gasteiger partial charge in [0.1, 0.15) is 6.07 Å². The normalized spacial score (nSPS) is 10.4. The molecule has 0 spiro atoms. The van der Waals surface area contributed by atoms with Crippen LogP contribution in [-0.4, -0.2) is 24.8 Å². The van der Waals surface area contributed by atoms with Crippen molar-refractivity contribution >= 4 is 28.0 Å². The Hall–Kier alpha value is -1.34. The van der Waals surface area contributed by atoms with Gasteiger partial charge in [-0.15, -0.1) is 0 Å². The lowest BCUT2D eigenvalue weighted by Gasteiger charge is -2.09. The lowest BCUT2D eigenvalue weighted by Crippen LogP contribution is -2.14. The molecule has 4 heteroatoms. The van der Waals surface area contributed by atoms with Crippen LogP contribution in [0.5, 0.6) is 0 Å². The maximum atomic E-state index is 8.92. The summed E-state index contributed by atoms with van der Waals surface area (Å²) >= 11 is 3.35. The number of hydrogen-bond donors (Lipinski definition) is 0. The number of halogens is 1. The van der Waals surface area contributed by atoms with Crippen molar-refractivity contribution in [1.82, 2.24) is 4.90 Å². The average molecular weight is 280 g/mol. The first kappa shape index (κ1) is 12.7. The molecule has 84 valence electrons. The predicted octanol–water partition coefficient (Wildman–Crippen LogP) is 3.24. The summed E-state index contributed by atoms with van der Waals surface area (Å²) in [5.74, 6) is 0. The van der Waals surface area contributed by atoms with E-state index in [9.17, 15) is 0 Å². The first-order valence-electron chi connectivity index (χ1n) is 5.03. The molecule has 0 unspecified atom stereocenters. The van der Waals surface area contributed by atoms with E-state index < -0.39 is 0 Å².